The van der Waals surface area contributed by atoms with Gasteiger partial charge < -0.3 is 9.63 Å². The van der Waals surface area contributed by atoms with Crippen LogP contribution < -0.4 is 9.30 Å². The van der Waals surface area contributed by atoms with E-state index in [1.54, 1.807) is 18.8 Å². The fourth-order valence-corrected chi connectivity index (χ4v) is 4.59. The molecule has 1 aliphatic rings. The summed E-state index contributed by atoms with van der Waals surface area (Å²) in [4.78, 5) is 0. The van der Waals surface area contributed by atoms with Gasteiger partial charge in [0.2, 0.25) is 11.8 Å². The lowest BCUT2D eigenvalue weighted by molar-refractivity contribution is 0.428. The summed E-state index contributed by atoms with van der Waals surface area (Å²) in [6, 6.07) is 16.6. The van der Waals surface area contributed by atoms with E-state index in [2.05, 4.69) is 0 Å². The van der Waals surface area contributed by atoms with Crippen LogP contribution in [0.5, 0.6) is 11.8 Å². The summed E-state index contributed by atoms with van der Waals surface area (Å²) in [7, 11) is 0.0238. The Kier molecular flexibility index (Phi) is 2.95. The minimum absolute atomic E-state index is 0.0130. The number of para-hydroxylation sites is 1. The molecule has 3 aromatic rings. The average molecular weight is 329 g/mol. The molecule has 2 heterocycles. The molecular formula is C16H16N3O3P. The molecular weight excluding hydrogens is 313 g/mol. The SMILES string of the molecule is CN(C)P1(=O)Oc2c3ccccc3c(O)n2N1c1ccccc1. The van der Waals surface area contributed by atoms with E-state index < -0.39 is 7.67 Å². The highest BCUT2D eigenvalue weighted by Crippen LogP contribution is 2.63. The van der Waals surface area contributed by atoms with Gasteiger partial charge in [0.25, 0.3) is 0 Å². The van der Waals surface area contributed by atoms with Gasteiger partial charge in [-0.05, 0) is 38.4 Å². The molecule has 1 aromatic heterocycles. The second-order valence-electron chi connectivity index (χ2n) is 5.54. The smallest absolute Gasteiger partial charge is 0.442 e. The molecule has 0 radical (unpaired) electrons. The van der Waals surface area contributed by atoms with Crippen molar-refractivity contribution in [3.63, 3.8) is 0 Å². The van der Waals surface area contributed by atoms with Gasteiger partial charge in [-0.1, -0.05) is 30.3 Å². The fourth-order valence-electron chi connectivity index (χ4n) is 2.79. The van der Waals surface area contributed by atoms with E-state index >= 15 is 0 Å². The second-order valence-corrected chi connectivity index (χ2v) is 7.88. The first kappa shape index (κ1) is 14.2. The van der Waals surface area contributed by atoms with Gasteiger partial charge in [0.05, 0.1) is 5.69 Å². The summed E-state index contributed by atoms with van der Waals surface area (Å²) < 4.78 is 23.9. The Balaban J connectivity index is 2.05. The number of anilines is 1. The highest BCUT2D eigenvalue weighted by atomic mass is 31.2. The van der Waals surface area contributed by atoms with Gasteiger partial charge in [-0.25, -0.2) is 9.24 Å². The molecule has 23 heavy (non-hydrogen) atoms. The standard InChI is InChI=1S/C16H16N3O3P/c1-17(2)23(21)19(12-8-4-3-5-9-12)18-15(20)13-10-6-7-11-14(13)16(18)22-23/h3-11,20H,1-2H3. The first-order chi connectivity index (χ1) is 11.0. The molecule has 0 bridgehead atoms. The fraction of sp³-hybridized carbons (Fsp3) is 0.125. The summed E-state index contributed by atoms with van der Waals surface area (Å²) in [5.41, 5.74) is 0.680. The zero-order valence-electron chi connectivity index (χ0n) is 12.7. The Morgan fingerprint density at radius 1 is 1.00 bits per heavy atom. The van der Waals surface area contributed by atoms with Gasteiger partial charge >= 0.3 is 7.67 Å². The van der Waals surface area contributed by atoms with Gasteiger partial charge in [0.15, 0.2) is 0 Å². The van der Waals surface area contributed by atoms with Crippen LogP contribution in [0.4, 0.5) is 5.69 Å². The van der Waals surface area contributed by atoms with E-state index in [9.17, 15) is 9.67 Å². The maximum Gasteiger partial charge on any atom is 0.442 e. The number of nitrogens with zero attached hydrogens (tertiary/aromatic N) is 3. The lowest BCUT2D eigenvalue weighted by atomic mass is 10.2. The second kappa shape index (κ2) is 4.78. The van der Waals surface area contributed by atoms with Gasteiger partial charge in [-0.15, -0.1) is 0 Å². The zero-order valence-corrected chi connectivity index (χ0v) is 13.6. The molecule has 1 unspecified atom stereocenters. The summed E-state index contributed by atoms with van der Waals surface area (Å²) in [5, 5.41) is 12.0. The molecule has 0 saturated carbocycles. The van der Waals surface area contributed by atoms with E-state index in [0.29, 0.717) is 17.0 Å². The number of aromatic nitrogens is 1. The van der Waals surface area contributed by atoms with Crippen LogP contribution in [0.3, 0.4) is 0 Å². The molecule has 1 aliphatic heterocycles. The summed E-state index contributed by atoms with van der Waals surface area (Å²) in [6.45, 7) is 0. The highest BCUT2D eigenvalue weighted by molar-refractivity contribution is 7.58. The highest BCUT2D eigenvalue weighted by Gasteiger charge is 2.48. The third-order valence-corrected chi connectivity index (χ3v) is 6.23. The predicted molar refractivity (Wildman–Crippen MR) is 89.8 cm³/mol. The van der Waals surface area contributed by atoms with Gasteiger partial charge in [-0.3, -0.25) is 0 Å². The van der Waals surface area contributed by atoms with Crippen LogP contribution in [0.1, 0.15) is 0 Å². The Hall–Kier alpha value is -2.43. The van der Waals surface area contributed by atoms with Crippen molar-refractivity contribution in [1.29, 1.82) is 0 Å². The minimum Gasteiger partial charge on any atom is -0.493 e. The first-order valence-corrected chi connectivity index (χ1v) is 8.73. The van der Waals surface area contributed by atoms with Crippen molar-refractivity contribution < 1.29 is 14.2 Å². The van der Waals surface area contributed by atoms with E-state index in [4.69, 9.17) is 4.52 Å². The van der Waals surface area contributed by atoms with Gasteiger partial charge in [-0.2, -0.15) is 9.46 Å². The van der Waals surface area contributed by atoms with Crippen molar-refractivity contribution in [3.8, 4) is 11.8 Å². The number of fused-ring (bicyclic) bond motifs is 3. The molecule has 2 aromatic carbocycles. The number of hydrogen-bond acceptors (Lipinski definition) is 3. The van der Waals surface area contributed by atoms with Crippen LogP contribution in [-0.4, -0.2) is 28.5 Å². The normalized spacial score (nSPS) is 20.0. The summed E-state index contributed by atoms with van der Waals surface area (Å²) >= 11 is 0. The number of benzene rings is 2. The van der Waals surface area contributed by atoms with Crippen molar-refractivity contribution in [2.24, 2.45) is 0 Å². The van der Waals surface area contributed by atoms with E-state index in [1.165, 1.54) is 9.46 Å². The van der Waals surface area contributed by atoms with Crippen LogP contribution in [0, 0.1) is 0 Å². The minimum atomic E-state index is -3.37. The number of hydrogen-bond donors (Lipinski definition) is 1. The Morgan fingerprint density at radius 3 is 2.26 bits per heavy atom. The number of rotatable bonds is 2. The third kappa shape index (κ3) is 1.82. The zero-order chi connectivity index (χ0) is 16.2. The third-order valence-electron chi connectivity index (χ3n) is 3.92. The lowest BCUT2D eigenvalue weighted by Gasteiger charge is -2.28. The van der Waals surface area contributed by atoms with Crippen molar-refractivity contribution in [1.82, 2.24) is 9.35 Å². The molecule has 4 rings (SSSR count). The van der Waals surface area contributed by atoms with Crippen LogP contribution in [0.25, 0.3) is 10.8 Å². The first-order valence-electron chi connectivity index (χ1n) is 7.20. The molecule has 0 saturated heterocycles. The van der Waals surface area contributed by atoms with Gasteiger partial charge in [0, 0.05) is 10.8 Å². The van der Waals surface area contributed by atoms with E-state index in [0.717, 1.165) is 5.39 Å². The Labute approximate surface area is 133 Å². The average Bonchev–Trinajstić information content (AvgIpc) is 3.02. The molecule has 1 atom stereocenters. The molecule has 0 aliphatic carbocycles. The largest absolute Gasteiger partial charge is 0.493 e. The van der Waals surface area contributed by atoms with Crippen molar-refractivity contribution in [2.75, 3.05) is 18.9 Å². The molecule has 6 nitrogen and oxygen atoms in total. The summed E-state index contributed by atoms with van der Waals surface area (Å²) in [5.74, 6) is 0.401. The van der Waals surface area contributed by atoms with Crippen LogP contribution in [0.2, 0.25) is 0 Å². The van der Waals surface area contributed by atoms with Crippen LogP contribution >= 0.6 is 7.67 Å². The van der Waals surface area contributed by atoms with Crippen molar-refractivity contribution in [3.05, 3.63) is 54.6 Å². The quantitative estimate of drug-likeness (QED) is 0.727. The van der Waals surface area contributed by atoms with E-state index in [-0.39, 0.29) is 5.88 Å². The predicted octanol–water partition coefficient (Wildman–Crippen LogP) is 3.68. The molecule has 118 valence electrons. The van der Waals surface area contributed by atoms with Crippen molar-refractivity contribution >= 4 is 24.1 Å². The molecule has 7 heteroatoms. The topological polar surface area (TPSA) is 57.9 Å². The van der Waals surface area contributed by atoms with Crippen molar-refractivity contribution in [2.45, 2.75) is 0 Å². The van der Waals surface area contributed by atoms with Gasteiger partial charge in [0.1, 0.15) is 0 Å². The Morgan fingerprint density at radius 2 is 1.61 bits per heavy atom. The molecule has 1 N–H and O–H groups in total. The number of aromatic hydroxyl groups is 1. The monoisotopic (exact) mass is 329 g/mol. The lowest BCUT2D eigenvalue weighted by Crippen LogP contribution is -2.28. The van der Waals surface area contributed by atoms with Crippen LogP contribution in [0.15, 0.2) is 54.6 Å². The Bertz CT molecular complexity index is 936. The summed E-state index contributed by atoms with van der Waals surface area (Å²) in [6.07, 6.45) is 0. The maximum atomic E-state index is 13.5. The molecule has 0 amide bonds. The maximum absolute atomic E-state index is 13.5. The molecule has 0 spiro atoms. The van der Waals surface area contributed by atoms with Crippen LogP contribution in [-0.2, 0) is 4.57 Å². The van der Waals surface area contributed by atoms with E-state index in [1.807, 2.05) is 54.6 Å². The molecule has 0 fully saturated rings.